The van der Waals surface area contributed by atoms with E-state index in [9.17, 15) is 17.6 Å². The van der Waals surface area contributed by atoms with E-state index in [2.05, 4.69) is 0 Å². The van der Waals surface area contributed by atoms with Gasteiger partial charge in [-0.15, -0.1) is 0 Å². The zero-order valence-electron chi connectivity index (χ0n) is 16.2. The summed E-state index contributed by atoms with van der Waals surface area (Å²) in [6.07, 6.45) is 4.13. The first-order chi connectivity index (χ1) is 12.8. The molecule has 0 saturated heterocycles. The molecule has 0 bridgehead atoms. The predicted octanol–water partition coefficient (Wildman–Crippen LogP) is 5.64. The summed E-state index contributed by atoms with van der Waals surface area (Å²) in [6.45, 7) is 1.27. The van der Waals surface area contributed by atoms with Gasteiger partial charge in [0.15, 0.2) is 0 Å². The Balaban J connectivity index is 1.55. The number of rotatable bonds is 5. The second-order valence-electron chi connectivity index (χ2n) is 8.48. The maximum absolute atomic E-state index is 14.6. The number of benzene rings is 1. The summed E-state index contributed by atoms with van der Waals surface area (Å²) in [5, 5.41) is 0. The molecule has 1 nitrogen and oxygen atoms in total. The summed E-state index contributed by atoms with van der Waals surface area (Å²) in [5.41, 5.74) is -0.189. The van der Waals surface area contributed by atoms with Crippen LogP contribution in [-0.2, 0) is 0 Å². The molecule has 2 fully saturated rings. The highest BCUT2D eigenvalue weighted by molar-refractivity contribution is 6.08. The summed E-state index contributed by atoms with van der Waals surface area (Å²) in [7, 11) is 1.27. The van der Waals surface area contributed by atoms with Crippen molar-refractivity contribution in [3.05, 3.63) is 29.3 Å². The standard InChI is InChI=1S/C21H30F4OSi/c1-13-19(22)10-18(11-20(13)23)26-21(24,25)17-8-6-16(7-9-17)15-4-2-14(12-27)3-5-15/h10-11,14-17H,2-9,12H2,1,27H3. The van der Waals surface area contributed by atoms with E-state index >= 15 is 0 Å². The van der Waals surface area contributed by atoms with Crippen molar-refractivity contribution < 1.29 is 22.3 Å². The molecular weight excluding hydrogens is 372 g/mol. The van der Waals surface area contributed by atoms with Crippen molar-refractivity contribution in [2.24, 2.45) is 23.7 Å². The Labute approximate surface area is 162 Å². The summed E-state index contributed by atoms with van der Waals surface area (Å²) in [4.78, 5) is 0. The topological polar surface area (TPSA) is 9.23 Å². The molecule has 2 aliphatic rings. The van der Waals surface area contributed by atoms with E-state index in [-0.39, 0.29) is 5.56 Å². The van der Waals surface area contributed by atoms with Crippen molar-refractivity contribution in [3.63, 3.8) is 0 Å². The molecule has 1 aromatic carbocycles. The minimum atomic E-state index is -3.40. The highest BCUT2D eigenvalue weighted by Crippen LogP contribution is 2.45. The zero-order chi connectivity index (χ0) is 19.6. The molecule has 0 radical (unpaired) electrons. The van der Waals surface area contributed by atoms with Gasteiger partial charge in [0.05, 0.1) is 5.92 Å². The largest absolute Gasteiger partial charge is 0.432 e. The quantitative estimate of drug-likeness (QED) is 0.457. The van der Waals surface area contributed by atoms with Crippen molar-refractivity contribution in [2.45, 2.75) is 70.4 Å². The number of alkyl halides is 2. The molecule has 2 aliphatic carbocycles. The van der Waals surface area contributed by atoms with E-state index in [0.717, 1.165) is 30.9 Å². The molecule has 1 aromatic rings. The Morgan fingerprint density at radius 1 is 0.926 bits per heavy atom. The fourth-order valence-electron chi connectivity index (χ4n) is 4.92. The average Bonchev–Trinajstić information content (AvgIpc) is 2.66. The van der Waals surface area contributed by atoms with Gasteiger partial charge >= 0.3 is 6.11 Å². The van der Waals surface area contributed by atoms with Gasteiger partial charge < -0.3 is 4.74 Å². The molecule has 0 amide bonds. The van der Waals surface area contributed by atoms with Gasteiger partial charge in [-0.2, -0.15) is 8.78 Å². The molecule has 0 N–H and O–H groups in total. The predicted molar refractivity (Wildman–Crippen MR) is 102 cm³/mol. The summed E-state index contributed by atoms with van der Waals surface area (Å²) < 4.78 is 61.1. The Hall–Kier alpha value is -1.04. The van der Waals surface area contributed by atoms with Crippen LogP contribution in [0.5, 0.6) is 5.75 Å². The van der Waals surface area contributed by atoms with Gasteiger partial charge in [0, 0.05) is 27.9 Å². The molecule has 0 atom stereocenters. The fourth-order valence-corrected chi connectivity index (χ4v) is 5.73. The lowest BCUT2D eigenvalue weighted by Crippen LogP contribution is -2.38. The second kappa shape index (κ2) is 8.54. The lowest BCUT2D eigenvalue weighted by atomic mass is 9.69. The third-order valence-electron chi connectivity index (χ3n) is 6.89. The zero-order valence-corrected chi connectivity index (χ0v) is 18.2. The molecule has 3 rings (SSSR count). The smallest absolute Gasteiger partial charge is 0.400 e. The minimum absolute atomic E-state index is 0.189. The third-order valence-corrected chi connectivity index (χ3v) is 8.05. The van der Waals surface area contributed by atoms with Crippen LogP contribution >= 0.6 is 0 Å². The van der Waals surface area contributed by atoms with Gasteiger partial charge in [0.25, 0.3) is 0 Å². The Morgan fingerprint density at radius 3 is 1.89 bits per heavy atom. The van der Waals surface area contributed by atoms with Crippen LogP contribution in [-0.4, -0.2) is 16.4 Å². The molecule has 6 heteroatoms. The first kappa shape index (κ1) is 20.7. The van der Waals surface area contributed by atoms with E-state index in [1.165, 1.54) is 48.9 Å². The van der Waals surface area contributed by atoms with Gasteiger partial charge in [-0.05, 0) is 63.2 Å². The summed E-state index contributed by atoms with van der Waals surface area (Å²) in [5.74, 6) is -0.933. The summed E-state index contributed by atoms with van der Waals surface area (Å²) in [6, 6.07) is 3.06. The van der Waals surface area contributed by atoms with Crippen LogP contribution in [0.3, 0.4) is 0 Å². The van der Waals surface area contributed by atoms with Crippen LogP contribution in [0.15, 0.2) is 12.1 Å². The molecule has 0 heterocycles. The van der Waals surface area contributed by atoms with E-state index in [1.807, 2.05) is 0 Å². The first-order valence-electron chi connectivity index (χ1n) is 10.3. The van der Waals surface area contributed by atoms with Crippen LogP contribution in [0, 0.1) is 42.2 Å². The molecule has 152 valence electrons. The molecule has 0 spiro atoms. The highest BCUT2D eigenvalue weighted by atomic mass is 28.1. The van der Waals surface area contributed by atoms with Crippen molar-refractivity contribution >= 4 is 10.2 Å². The maximum atomic E-state index is 14.6. The van der Waals surface area contributed by atoms with Crippen molar-refractivity contribution in [1.29, 1.82) is 0 Å². The highest BCUT2D eigenvalue weighted by Gasteiger charge is 2.45. The lowest BCUT2D eigenvalue weighted by Gasteiger charge is -2.39. The lowest BCUT2D eigenvalue weighted by molar-refractivity contribution is -0.224. The van der Waals surface area contributed by atoms with Crippen molar-refractivity contribution in [1.82, 2.24) is 0 Å². The number of hydrogen-bond acceptors (Lipinski definition) is 1. The molecular formula is C21H30F4OSi. The molecule has 2 saturated carbocycles. The monoisotopic (exact) mass is 402 g/mol. The van der Waals surface area contributed by atoms with E-state index < -0.39 is 29.4 Å². The Morgan fingerprint density at radius 2 is 1.41 bits per heavy atom. The third kappa shape index (κ3) is 4.87. The Kier molecular flexibility index (Phi) is 6.54. The Bertz CT molecular complexity index is 612. The molecule has 0 unspecified atom stereocenters. The van der Waals surface area contributed by atoms with Crippen LogP contribution in [0.4, 0.5) is 17.6 Å². The SMILES string of the molecule is Cc1c(F)cc(OC(F)(F)C2CCC(C3CCC(C[SiH3])CC3)CC2)cc1F. The van der Waals surface area contributed by atoms with Gasteiger partial charge in [-0.3, -0.25) is 0 Å². The van der Waals surface area contributed by atoms with Crippen LogP contribution in [0.1, 0.15) is 56.9 Å². The van der Waals surface area contributed by atoms with Crippen LogP contribution < -0.4 is 4.74 Å². The first-order valence-corrected chi connectivity index (χ1v) is 11.7. The van der Waals surface area contributed by atoms with Crippen LogP contribution in [0.25, 0.3) is 0 Å². The van der Waals surface area contributed by atoms with Gasteiger partial charge in [-0.1, -0.05) is 18.9 Å². The second-order valence-corrected chi connectivity index (χ2v) is 9.29. The fraction of sp³-hybridized carbons (Fsp3) is 0.714. The number of hydrogen-bond donors (Lipinski definition) is 0. The van der Waals surface area contributed by atoms with E-state index in [4.69, 9.17) is 4.74 Å². The van der Waals surface area contributed by atoms with Gasteiger partial charge in [-0.25, -0.2) is 8.78 Å². The molecule has 0 aliphatic heterocycles. The molecule has 0 aromatic heterocycles. The summed E-state index contributed by atoms with van der Waals surface area (Å²) >= 11 is 0. The van der Waals surface area contributed by atoms with Gasteiger partial charge in [0.2, 0.25) is 0 Å². The maximum Gasteiger partial charge on any atom is 0.400 e. The van der Waals surface area contributed by atoms with Crippen molar-refractivity contribution in [3.8, 4) is 5.75 Å². The minimum Gasteiger partial charge on any atom is -0.432 e. The van der Waals surface area contributed by atoms with E-state index in [0.29, 0.717) is 24.7 Å². The van der Waals surface area contributed by atoms with Crippen LogP contribution in [0.2, 0.25) is 6.04 Å². The van der Waals surface area contributed by atoms with E-state index in [1.54, 1.807) is 0 Å². The molecule has 27 heavy (non-hydrogen) atoms. The normalized spacial score (nSPS) is 29.7. The average molecular weight is 403 g/mol. The number of halogens is 4. The van der Waals surface area contributed by atoms with Crippen molar-refractivity contribution in [2.75, 3.05) is 0 Å². The van der Waals surface area contributed by atoms with Gasteiger partial charge in [0.1, 0.15) is 17.4 Å². The number of ether oxygens (including phenoxy) is 1.